The molecule has 0 bridgehead atoms. The molecule has 0 aliphatic carbocycles. The van der Waals surface area contributed by atoms with Gasteiger partial charge in [0.1, 0.15) is 0 Å². The Hall–Kier alpha value is -3.73. The Kier molecular flexibility index (Phi) is 7.21. The minimum atomic E-state index is -1.08. The van der Waals surface area contributed by atoms with Gasteiger partial charge in [0.05, 0.1) is 5.56 Å². The van der Waals surface area contributed by atoms with Gasteiger partial charge in [0, 0.05) is 23.2 Å². The second-order valence-corrected chi connectivity index (χ2v) is 7.79. The monoisotopic (exact) mass is 429 g/mol. The summed E-state index contributed by atoms with van der Waals surface area (Å²) in [7, 11) is 0. The Labute approximate surface area is 188 Å². The maximum absolute atomic E-state index is 13.3. The number of Topliss-reactive ketones (excluding diaryl/α,β-unsaturated/α-hetero) is 1. The molecule has 5 nitrogen and oxygen atoms in total. The number of carbonyl (C=O) groups excluding carboxylic acids is 3. The highest BCUT2D eigenvalue weighted by molar-refractivity contribution is 6.02. The molecule has 0 heterocycles. The van der Waals surface area contributed by atoms with Crippen molar-refractivity contribution in [3.63, 3.8) is 0 Å². The summed E-state index contributed by atoms with van der Waals surface area (Å²) in [5, 5.41) is 2.79. The van der Waals surface area contributed by atoms with Crippen molar-refractivity contribution in [2.24, 2.45) is 0 Å². The summed E-state index contributed by atoms with van der Waals surface area (Å²) >= 11 is 0. The maximum atomic E-state index is 13.3. The van der Waals surface area contributed by atoms with Crippen LogP contribution in [0, 0.1) is 20.8 Å². The van der Waals surface area contributed by atoms with E-state index in [0.717, 1.165) is 16.7 Å². The number of benzene rings is 3. The van der Waals surface area contributed by atoms with Gasteiger partial charge < -0.3 is 10.1 Å². The van der Waals surface area contributed by atoms with Crippen molar-refractivity contribution in [3.8, 4) is 0 Å². The second kappa shape index (κ2) is 10.1. The van der Waals surface area contributed by atoms with Gasteiger partial charge in [0.2, 0.25) is 11.7 Å². The summed E-state index contributed by atoms with van der Waals surface area (Å²) < 4.78 is 5.73. The van der Waals surface area contributed by atoms with E-state index in [1.807, 2.05) is 39.0 Å². The standard InChI is InChI=1S/C27H27NO4/c1-5-24(29)28-23-16-22(14-12-18(23)3)27(31)32-26(20-9-7-6-8-10-20)25(30)21-13-11-17(2)19(4)15-21/h6-16,26H,5H2,1-4H3,(H,28,29)/t26-/m1/s1. The number of aryl methyl sites for hydroxylation is 3. The van der Waals surface area contributed by atoms with Gasteiger partial charge >= 0.3 is 5.97 Å². The first-order chi connectivity index (χ1) is 15.3. The lowest BCUT2D eigenvalue weighted by molar-refractivity contribution is -0.115. The molecule has 0 saturated carbocycles. The van der Waals surface area contributed by atoms with Gasteiger partial charge in [-0.2, -0.15) is 0 Å². The molecule has 3 aromatic rings. The number of carbonyl (C=O) groups is 3. The molecular weight excluding hydrogens is 402 g/mol. The summed E-state index contributed by atoms with van der Waals surface area (Å²) in [6.45, 7) is 7.51. The molecule has 0 aliphatic rings. The molecule has 5 heteroatoms. The summed E-state index contributed by atoms with van der Waals surface area (Å²) in [4.78, 5) is 38.2. The largest absolute Gasteiger partial charge is 0.445 e. The molecule has 1 N–H and O–H groups in total. The third-order valence-electron chi connectivity index (χ3n) is 5.43. The normalized spacial score (nSPS) is 11.5. The fraction of sp³-hybridized carbons (Fsp3) is 0.222. The fourth-order valence-electron chi connectivity index (χ4n) is 3.24. The Morgan fingerprint density at radius 1 is 0.812 bits per heavy atom. The van der Waals surface area contributed by atoms with E-state index >= 15 is 0 Å². The highest BCUT2D eigenvalue weighted by atomic mass is 16.5. The van der Waals surface area contributed by atoms with Crippen LogP contribution in [-0.2, 0) is 9.53 Å². The molecule has 3 aromatic carbocycles. The van der Waals surface area contributed by atoms with E-state index in [9.17, 15) is 14.4 Å². The van der Waals surface area contributed by atoms with Gasteiger partial charge in [-0.1, -0.05) is 55.5 Å². The van der Waals surface area contributed by atoms with Gasteiger partial charge in [0.25, 0.3) is 0 Å². The minimum Gasteiger partial charge on any atom is -0.445 e. The van der Waals surface area contributed by atoms with E-state index in [0.29, 0.717) is 23.2 Å². The number of hydrogen-bond donors (Lipinski definition) is 1. The molecule has 0 spiro atoms. The van der Waals surface area contributed by atoms with Crippen LogP contribution in [0.2, 0.25) is 0 Å². The molecule has 0 unspecified atom stereocenters. The molecule has 0 radical (unpaired) electrons. The predicted octanol–water partition coefficient (Wildman–Crippen LogP) is 5.74. The zero-order valence-electron chi connectivity index (χ0n) is 18.8. The maximum Gasteiger partial charge on any atom is 0.339 e. The van der Waals surface area contributed by atoms with Crippen molar-refractivity contribution in [2.75, 3.05) is 5.32 Å². The van der Waals surface area contributed by atoms with Crippen LogP contribution in [0.25, 0.3) is 0 Å². The predicted molar refractivity (Wildman–Crippen MR) is 125 cm³/mol. The van der Waals surface area contributed by atoms with Crippen LogP contribution in [0.4, 0.5) is 5.69 Å². The summed E-state index contributed by atoms with van der Waals surface area (Å²) in [5.74, 6) is -1.08. The highest BCUT2D eigenvalue weighted by Crippen LogP contribution is 2.26. The summed E-state index contributed by atoms with van der Waals surface area (Å²) in [5.41, 5.74) is 4.78. The van der Waals surface area contributed by atoms with Gasteiger partial charge in [-0.05, 0) is 55.7 Å². The van der Waals surface area contributed by atoms with Crippen molar-refractivity contribution in [1.29, 1.82) is 0 Å². The Morgan fingerprint density at radius 3 is 2.12 bits per heavy atom. The summed E-state index contributed by atoms with van der Waals surface area (Å²) in [6, 6.07) is 19.4. The number of anilines is 1. The quantitative estimate of drug-likeness (QED) is 0.384. The Balaban J connectivity index is 1.92. The van der Waals surface area contributed by atoms with Crippen LogP contribution in [0.15, 0.2) is 66.7 Å². The molecule has 164 valence electrons. The van der Waals surface area contributed by atoms with Gasteiger partial charge in [-0.25, -0.2) is 4.79 Å². The SMILES string of the molecule is CCC(=O)Nc1cc(C(=O)O[C@@H](C(=O)c2ccc(C)c(C)c2)c2ccccc2)ccc1C. The zero-order chi connectivity index (χ0) is 23.3. The first kappa shape index (κ1) is 22.9. The molecule has 3 rings (SSSR count). The lowest BCUT2D eigenvalue weighted by atomic mass is 9.97. The number of nitrogens with one attached hydrogen (secondary N) is 1. The third kappa shape index (κ3) is 5.30. The first-order valence-electron chi connectivity index (χ1n) is 10.6. The average Bonchev–Trinajstić information content (AvgIpc) is 2.80. The van der Waals surface area contributed by atoms with Crippen molar-refractivity contribution >= 4 is 23.3 Å². The molecule has 0 fully saturated rings. The molecule has 0 aliphatic heterocycles. The first-order valence-corrected chi connectivity index (χ1v) is 10.6. The topological polar surface area (TPSA) is 72.5 Å². The van der Waals surface area contributed by atoms with Gasteiger partial charge in [-0.3, -0.25) is 9.59 Å². The lowest BCUT2D eigenvalue weighted by Gasteiger charge is -2.18. The van der Waals surface area contributed by atoms with E-state index in [2.05, 4.69) is 5.32 Å². The number of hydrogen-bond acceptors (Lipinski definition) is 4. The fourth-order valence-corrected chi connectivity index (χ4v) is 3.24. The Bertz CT molecular complexity index is 1150. The molecule has 0 aromatic heterocycles. The van der Waals surface area contributed by atoms with Crippen molar-refractivity contribution in [3.05, 3.63) is 100 Å². The molecule has 32 heavy (non-hydrogen) atoms. The second-order valence-electron chi connectivity index (χ2n) is 7.79. The van der Waals surface area contributed by atoms with Crippen molar-refractivity contribution < 1.29 is 19.1 Å². The number of rotatable bonds is 7. The average molecular weight is 430 g/mol. The number of ketones is 1. The Morgan fingerprint density at radius 2 is 1.47 bits per heavy atom. The minimum absolute atomic E-state index is 0.148. The third-order valence-corrected chi connectivity index (χ3v) is 5.43. The van der Waals surface area contributed by atoms with Crippen LogP contribution >= 0.6 is 0 Å². The smallest absolute Gasteiger partial charge is 0.339 e. The van der Waals surface area contributed by atoms with Crippen LogP contribution in [0.5, 0.6) is 0 Å². The number of esters is 1. The van der Waals surface area contributed by atoms with Gasteiger partial charge in [-0.15, -0.1) is 0 Å². The van der Waals surface area contributed by atoms with Gasteiger partial charge in [0.15, 0.2) is 6.10 Å². The number of amides is 1. The molecular formula is C27H27NO4. The molecule has 0 saturated heterocycles. The van der Waals surface area contributed by atoms with Crippen LogP contribution in [0.3, 0.4) is 0 Å². The van der Waals surface area contributed by atoms with Crippen molar-refractivity contribution in [2.45, 2.75) is 40.2 Å². The van der Waals surface area contributed by atoms with E-state index in [4.69, 9.17) is 4.74 Å². The van der Waals surface area contributed by atoms with Crippen LogP contribution < -0.4 is 5.32 Å². The van der Waals surface area contributed by atoms with E-state index in [1.165, 1.54) is 0 Å². The highest BCUT2D eigenvalue weighted by Gasteiger charge is 2.27. The molecule has 1 amide bonds. The number of ether oxygens (including phenoxy) is 1. The zero-order valence-corrected chi connectivity index (χ0v) is 18.8. The van der Waals surface area contributed by atoms with E-state index in [1.54, 1.807) is 55.5 Å². The van der Waals surface area contributed by atoms with Crippen LogP contribution in [0.1, 0.15) is 62.4 Å². The van der Waals surface area contributed by atoms with E-state index < -0.39 is 12.1 Å². The molecule has 1 atom stereocenters. The lowest BCUT2D eigenvalue weighted by Crippen LogP contribution is -2.21. The van der Waals surface area contributed by atoms with E-state index in [-0.39, 0.29) is 17.3 Å². The van der Waals surface area contributed by atoms with Crippen LogP contribution in [-0.4, -0.2) is 17.7 Å². The van der Waals surface area contributed by atoms with Crippen molar-refractivity contribution in [1.82, 2.24) is 0 Å². The summed E-state index contributed by atoms with van der Waals surface area (Å²) in [6.07, 6.45) is -0.755.